The van der Waals surface area contributed by atoms with Crippen LogP contribution in [0.1, 0.15) is 22.8 Å². The molecule has 1 unspecified atom stereocenters. The molecule has 0 bridgehead atoms. The van der Waals surface area contributed by atoms with E-state index in [9.17, 15) is 4.79 Å². The Hall–Kier alpha value is -1.51. The molecule has 1 rings (SSSR count). The van der Waals surface area contributed by atoms with E-state index in [1.807, 2.05) is 6.26 Å². The Bertz CT molecular complexity index is 480. The van der Waals surface area contributed by atoms with E-state index in [1.165, 1.54) is 6.20 Å². The predicted octanol–water partition coefficient (Wildman–Crippen LogP) is 1.15. The highest BCUT2D eigenvalue weighted by Gasteiger charge is 2.11. The van der Waals surface area contributed by atoms with Crippen molar-refractivity contribution >= 4 is 17.7 Å². The fraction of sp³-hybridized carbons (Fsp3) is 0.429. The Labute approximate surface area is 118 Å². The minimum absolute atomic E-state index is 0.155. The lowest BCUT2D eigenvalue weighted by Gasteiger charge is -2.11. The Morgan fingerprint density at radius 2 is 2.42 bits per heavy atom. The third kappa shape index (κ3) is 5.33. The molecule has 0 fully saturated rings. The van der Waals surface area contributed by atoms with Crippen LogP contribution in [0.5, 0.6) is 0 Å². The fourth-order valence-electron chi connectivity index (χ4n) is 1.53. The molecule has 1 aromatic heterocycles. The quantitative estimate of drug-likeness (QED) is 0.793. The van der Waals surface area contributed by atoms with E-state index in [4.69, 9.17) is 5.11 Å². The fourth-order valence-corrected chi connectivity index (χ4v) is 2.22. The molecule has 1 heterocycles. The summed E-state index contributed by atoms with van der Waals surface area (Å²) >= 11 is 1.76. The maximum atomic E-state index is 12.1. The number of carbonyl (C=O) groups excluding carboxylic acids is 1. The van der Waals surface area contributed by atoms with E-state index in [0.29, 0.717) is 23.6 Å². The number of thioether (sulfide) groups is 1. The van der Waals surface area contributed by atoms with Gasteiger partial charge in [-0.3, -0.25) is 9.78 Å². The SMILES string of the molecule is CSCC(C)CNC(=O)c1ccncc1C#CCO. The van der Waals surface area contributed by atoms with Crippen molar-refractivity contribution in [1.29, 1.82) is 0 Å². The number of hydrogen-bond donors (Lipinski definition) is 2. The largest absolute Gasteiger partial charge is 0.384 e. The first-order valence-electron chi connectivity index (χ1n) is 6.00. The van der Waals surface area contributed by atoms with Crippen molar-refractivity contribution < 1.29 is 9.90 Å². The van der Waals surface area contributed by atoms with Gasteiger partial charge in [0.15, 0.2) is 0 Å². The highest BCUT2D eigenvalue weighted by Crippen LogP contribution is 2.07. The lowest BCUT2D eigenvalue weighted by atomic mass is 10.1. The molecule has 0 aliphatic rings. The monoisotopic (exact) mass is 278 g/mol. The topological polar surface area (TPSA) is 62.2 Å². The molecule has 1 amide bonds. The standard InChI is InChI=1S/C14H18N2O2S/c1-11(10-19-2)8-16-14(18)13-5-6-15-9-12(13)4-3-7-17/h5-6,9,11,17H,7-8,10H2,1-2H3,(H,16,18). The van der Waals surface area contributed by atoms with Crippen LogP contribution in [0.3, 0.4) is 0 Å². The predicted molar refractivity (Wildman–Crippen MR) is 78.1 cm³/mol. The molecule has 0 spiro atoms. The Kier molecular flexibility index (Phi) is 7.01. The number of amides is 1. The maximum absolute atomic E-state index is 12.1. The normalized spacial score (nSPS) is 11.3. The number of aliphatic hydroxyl groups excluding tert-OH is 1. The van der Waals surface area contributed by atoms with Gasteiger partial charge in [-0.25, -0.2) is 0 Å². The van der Waals surface area contributed by atoms with Crippen LogP contribution in [0.2, 0.25) is 0 Å². The van der Waals surface area contributed by atoms with E-state index in [0.717, 1.165) is 5.75 Å². The van der Waals surface area contributed by atoms with Gasteiger partial charge in [-0.05, 0) is 24.0 Å². The minimum atomic E-state index is -0.235. The van der Waals surface area contributed by atoms with Gasteiger partial charge in [0.2, 0.25) is 0 Å². The zero-order chi connectivity index (χ0) is 14.1. The molecular weight excluding hydrogens is 260 g/mol. The molecule has 1 atom stereocenters. The lowest BCUT2D eigenvalue weighted by molar-refractivity contribution is 0.0949. The first-order valence-corrected chi connectivity index (χ1v) is 7.39. The third-order valence-corrected chi connectivity index (χ3v) is 3.33. The summed E-state index contributed by atoms with van der Waals surface area (Å²) in [4.78, 5) is 16.0. The zero-order valence-corrected chi connectivity index (χ0v) is 12.0. The summed E-state index contributed by atoms with van der Waals surface area (Å²) in [6.07, 6.45) is 5.14. The van der Waals surface area contributed by atoms with Gasteiger partial charge in [0.1, 0.15) is 6.61 Å². The summed E-state index contributed by atoms with van der Waals surface area (Å²) in [7, 11) is 0. The van der Waals surface area contributed by atoms with Gasteiger partial charge in [-0.2, -0.15) is 11.8 Å². The average Bonchev–Trinajstić information content (AvgIpc) is 2.43. The van der Waals surface area contributed by atoms with Gasteiger partial charge < -0.3 is 10.4 Å². The van der Waals surface area contributed by atoms with Gasteiger partial charge in [0.25, 0.3) is 5.91 Å². The summed E-state index contributed by atoms with van der Waals surface area (Å²) in [6.45, 7) is 2.49. The highest BCUT2D eigenvalue weighted by atomic mass is 32.2. The van der Waals surface area contributed by atoms with Gasteiger partial charge in [-0.15, -0.1) is 0 Å². The van der Waals surface area contributed by atoms with Crippen LogP contribution in [-0.4, -0.2) is 41.2 Å². The summed E-state index contributed by atoms with van der Waals surface area (Å²) in [5, 5.41) is 11.6. The van der Waals surface area contributed by atoms with Crippen molar-refractivity contribution in [3.05, 3.63) is 29.6 Å². The van der Waals surface area contributed by atoms with Crippen molar-refractivity contribution in [2.24, 2.45) is 5.92 Å². The second-order valence-corrected chi connectivity index (χ2v) is 5.06. The van der Waals surface area contributed by atoms with Gasteiger partial charge >= 0.3 is 0 Å². The molecule has 4 nitrogen and oxygen atoms in total. The molecule has 19 heavy (non-hydrogen) atoms. The van der Waals surface area contributed by atoms with Crippen molar-refractivity contribution in [2.45, 2.75) is 6.92 Å². The summed E-state index contributed by atoms with van der Waals surface area (Å²) < 4.78 is 0. The van der Waals surface area contributed by atoms with E-state index < -0.39 is 0 Å². The van der Waals surface area contributed by atoms with Crippen LogP contribution < -0.4 is 5.32 Å². The molecule has 1 aromatic rings. The second-order valence-electron chi connectivity index (χ2n) is 4.15. The van der Waals surface area contributed by atoms with E-state index in [2.05, 4.69) is 29.1 Å². The second kappa shape index (κ2) is 8.57. The first kappa shape index (κ1) is 15.5. The number of carbonyl (C=O) groups is 1. The van der Waals surface area contributed by atoms with Crippen LogP contribution in [0, 0.1) is 17.8 Å². The van der Waals surface area contributed by atoms with Gasteiger partial charge in [-0.1, -0.05) is 18.8 Å². The molecule has 2 N–H and O–H groups in total. The molecule has 0 aliphatic heterocycles. The number of hydrogen-bond acceptors (Lipinski definition) is 4. The molecular formula is C14H18N2O2S. The van der Waals surface area contributed by atoms with Crippen LogP contribution in [-0.2, 0) is 0 Å². The summed E-state index contributed by atoms with van der Waals surface area (Å²) in [5.74, 6) is 6.53. The Balaban J connectivity index is 2.71. The molecule has 5 heteroatoms. The summed E-state index contributed by atoms with van der Waals surface area (Å²) in [5.41, 5.74) is 1.03. The molecule has 0 radical (unpaired) electrons. The zero-order valence-electron chi connectivity index (χ0n) is 11.1. The number of aliphatic hydroxyl groups is 1. The van der Waals surface area contributed by atoms with Crippen LogP contribution in [0.25, 0.3) is 0 Å². The maximum Gasteiger partial charge on any atom is 0.252 e. The third-order valence-electron chi connectivity index (χ3n) is 2.43. The van der Waals surface area contributed by atoms with Crippen LogP contribution in [0.4, 0.5) is 0 Å². The van der Waals surface area contributed by atoms with Crippen LogP contribution in [0.15, 0.2) is 18.5 Å². The van der Waals surface area contributed by atoms with Crippen molar-refractivity contribution in [2.75, 3.05) is 25.2 Å². The van der Waals surface area contributed by atoms with Crippen molar-refractivity contribution in [3.63, 3.8) is 0 Å². The van der Waals surface area contributed by atoms with E-state index in [-0.39, 0.29) is 12.5 Å². The van der Waals surface area contributed by atoms with E-state index in [1.54, 1.807) is 24.0 Å². The van der Waals surface area contributed by atoms with Gasteiger partial charge in [0.05, 0.1) is 11.1 Å². The van der Waals surface area contributed by atoms with Crippen molar-refractivity contribution in [1.82, 2.24) is 10.3 Å². The smallest absolute Gasteiger partial charge is 0.252 e. The molecule has 0 aliphatic carbocycles. The molecule has 0 saturated heterocycles. The highest BCUT2D eigenvalue weighted by molar-refractivity contribution is 7.98. The van der Waals surface area contributed by atoms with E-state index >= 15 is 0 Å². The minimum Gasteiger partial charge on any atom is -0.384 e. The first-order chi connectivity index (χ1) is 9.19. The van der Waals surface area contributed by atoms with Gasteiger partial charge in [0, 0.05) is 18.9 Å². The number of nitrogens with one attached hydrogen (secondary N) is 1. The Morgan fingerprint density at radius 1 is 1.63 bits per heavy atom. The van der Waals surface area contributed by atoms with Crippen molar-refractivity contribution in [3.8, 4) is 11.8 Å². The summed E-state index contributed by atoms with van der Waals surface area (Å²) in [6, 6.07) is 1.63. The lowest BCUT2D eigenvalue weighted by Crippen LogP contribution is -2.29. The molecule has 0 saturated carbocycles. The number of aromatic nitrogens is 1. The molecule has 102 valence electrons. The van der Waals surface area contributed by atoms with Crippen LogP contribution >= 0.6 is 11.8 Å². The number of pyridine rings is 1. The average molecular weight is 278 g/mol. The number of nitrogens with zero attached hydrogens (tertiary/aromatic N) is 1. The number of rotatable bonds is 5. The Morgan fingerprint density at radius 3 is 3.11 bits per heavy atom. The molecule has 0 aromatic carbocycles.